The van der Waals surface area contributed by atoms with E-state index in [0.29, 0.717) is 10.6 Å². The molecule has 1 atom stereocenters. The predicted molar refractivity (Wildman–Crippen MR) is 103 cm³/mol. The third kappa shape index (κ3) is 4.00. The van der Waals surface area contributed by atoms with Crippen LogP contribution in [0.2, 0.25) is 0 Å². The van der Waals surface area contributed by atoms with Crippen LogP contribution in [0.1, 0.15) is 30.5 Å². The fraction of sp³-hybridized carbons (Fsp3) is 0.286. The van der Waals surface area contributed by atoms with Crippen LogP contribution >= 0.6 is 0 Å². The molecular formula is C21H20F3N3O3. The Bertz CT molecular complexity index is 1010. The number of halogens is 3. The minimum atomic E-state index is -4.71. The monoisotopic (exact) mass is 419 g/mol. The number of aryl methyl sites for hydroxylation is 1. The van der Waals surface area contributed by atoms with E-state index >= 15 is 0 Å². The van der Waals surface area contributed by atoms with Gasteiger partial charge in [-0.05, 0) is 42.7 Å². The summed E-state index contributed by atoms with van der Waals surface area (Å²) in [6, 6.07) is 10.7. The van der Waals surface area contributed by atoms with Gasteiger partial charge in [-0.3, -0.25) is 14.5 Å². The molecule has 158 valence electrons. The first-order valence-corrected chi connectivity index (χ1v) is 9.26. The maximum Gasteiger partial charge on any atom is 0.416 e. The molecule has 1 unspecified atom stereocenters. The van der Waals surface area contributed by atoms with Gasteiger partial charge in [-0.2, -0.15) is 13.2 Å². The Morgan fingerprint density at radius 3 is 2.50 bits per heavy atom. The van der Waals surface area contributed by atoms with Crippen LogP contribution in [0.4, 0.5) is 23.7 Å². The van der Waals surface area contributed by atoms with Crippen molar-refractivity contribution in [2.45, 2.75) is 32.0 Å². The molecule has 1 fully saturated rings. The number of hydrogen-bond acceptors (Lipinski definition) is 3. The second-order valence-electron chi connectivity index (χ2n) is 7.09. The minimum absolute atomic E-state index is 0.380. The predicted octanol–water partition coefficient (Wildman–Crippen LogP) is 3.67. The van der Waals surface area contributed by atoms with Crippen molar-refractivity contribution >= 4 is 23.5 Å². The van der Waals surface area contributed by atoms with Gasteiger partial charge < -0.3 is 10.6 Å². The SMILES string of the molecule is CCc1cccc(NC(=O)CN2C(=O)NC(C)(c3ccccc3C(F)(F)F)C2=O)c1. The number of amides is 4. The fourth-order valence-electron chi connectivity index (χ4n) is 3.40. The molecule has 1 saturated heterocycles. The van der Waals surface area contributed by atoms with Crippen molar-refractivity contribution in [1.29, 1.82) is 0 Å². The molecule has 2 aromatic rings. The van der Waals surface area contributed by atoms with E-state index in [1.165, 1.54) is 19.1 Å². The van der Waals surface area contributed by atoms with Crippen molar-refractivity contribution in [1.82, 2.24) is 10.2 Å². The number of imide groups is 1. The van der Waals surface area contributed by atoms with Gasteiger partial charge >= 0.3 is 12.2 Å². The third-order valence-corrected chi connectivity index (χ3v) is 4.97. The van der Waals surface area contributed by atoms with Crippen LogP contribution < -0.4 is 10.6 Å². The highest BCUT2D eigenvalue weighted by molar-refractivity contribution is 6.10. The lowest BCUT2D eigenvalue weighted by molar-refractivity contribution is -0.140. The Morgan fingerprint density at radius 2 is 1.83 bits per heavy atom. The van der Waals surface area contributed by atoms with Crippen molar-refractivity contribution < 1.29 is 27.6 Å². The van der Waals surface area contributed by atoms with E-state index in [1.54, 1.807) is 18.2 Å². The molecule has 0 aliphatic carbocycles. The van der Waals surface area contributed by atoms with Crippen LogP contribution in [0.3, 0.4) is 0 Å². The molecule has 0 radical (unpaired) electrons. The standard InChI is InChI=1S/C21H20F3N3O3/c1-3-13-7-6-8-14(11-13)25-17(28)12-27-18(29)20(2,26-19(27)30)15-9-4-5-10-16(15)21(22,23)24/h4-11H,3,12H2,1-2H3,(H,25,28)(H,26,30). The van der Waals surface area contributed by atoms with Crippen molar-refractivity contribution in [2.75, 3.05) is 11.9 Å². The number of urea groups is 1. The first kappa shape index (κ1) is 21.4. The summed E-state index contributed by atoms with van der Waals surface area (Å²) in [6.07, 6.45) is -3.95. The summed E-state index contributed by atoms with van der Waals surface area (Å²) in [6.45, 7) is 2.53. The maximum atomic E-state index is 13.4. The zero-order valence-corrected chi connectivity index (χ0v) is 16.3. The van der Waals surface area contributed by atoms with Crippen LogP contribution in [0.25, 0.3) is 0 Å². The van der Waals surface area contributed by atoms with Crippen molar-refractivity contribution in [3.63, 3.8) is 0 Å². The Morgan fingerprint density at radius 1 is 1.13 bits per heavy atom. The number of rotatable bonds is 5. The van der Waals surface area contributed by atoms with Gasteiger partial charge in [-0.15, -0.1) is 0 Å². The molecule has 3 rings (SSSR count). The number of hydrogen-bond donors (Lipinski definition) is 2. The summed E-state index contributed by atoms with van der Waals surface area (Å²) in [7, 11) is 0. The molecule has 0 spiro atoms. The van der Waals surface area contributed by atoms with E-state index in [0.717, 1.165) is 24.1 Å². The number of anilines is 1. The summed E-state index contributed by atoms with van der Waals surface area (Å²) < 4.78 is 40.2. The lowest BCUT2D eigenvalue weighted by Gasteiger charge is -2.25. The molecule has 1 aliphatic heterocycles. The van der Waals surface area contributed by atoms with Gasteiger partial charge in [0, 0.05) is 5.69 Å². The van der Waals surface area contributed by atoms with Gasteiger partial charge in [0.15, 0.2) is 0 Å². The summed E-state index contributed by atoms with van der Waals surface area (Å²) >= 11 is 0. The quantitative estimate of drug-likeness (QED) is 0.726. The van der Waals surface area contributed by atoms with E-state index in [-0.39, 0.29) is 5.56 Å². The van der Waals surface area contributed by atoms with Crippen molar-refractivity contribution in [3.05, 3.63) is 65.2 Å². The molecule has 4 amide bonds. The highest BCUT2D eigenvalue weighted by Gasteiger charge is 2.52. The molecule has 0 aromatic heterocycles. The van der Waals surface area contributed by atoms with E-state index in [2.05, 4.69) is 10.6 Å². The topological polar surface area (TPSA) is 78.5 Å². The Labute approximate surface area is 171 Å². The highest BCUT2D eigenvalue weighted by Crippen LogP contribution is 2.39. The second kappa shape index (κ2) is 7.81. The highest BCUT2D eigenvalue weighted by atomic mass is 19.4. The molecule has 1 aliphatic rings. The van der Waals surface area contributed by atoms with Gasteiger partial charge in [0.1, 0.15) is 12.1 Å². The maximum absolute atomic E-state index is 13.4. The number of alkyl halides is 3. The normalized spacial score (nSPS) is 19.0. The van der Waals surface area contributed by atoms with Crippen LogP contribution in [0, 0.1) is 0 Å². The summed E-state index contributed by atoms with van der Waals surface area (Å²) in [5.74, 6) is -1.57. The first-order chi connectivity index (χ1) is 14.1. The minimum Gasteiger partial charge on any atom is -0.325 e. The van der Waals surface area contributed by atoms with Crippen LogP contribution in [-0.4, -0.2) is 29.3 Å². The van der Waals surface area contributed by atoms with E-state index in [4.69, 9.17) is 0 Å². The van der Waals surface area contributed by atoms with Crippen molar-refractivity contribution in [3.8, 4) is 0 Å². The molecule has 2 N–H and O–H groups in total. The van der Waals surface area contributed by atoms with Gasteiger partial charge in [0.25, 0.3) is 5.91 Å². The van der Waals surface area contributed by atoms with Crippen LogP contribution in [-0.2, 0) is 27.7 Å². The fourth-order valence-corrected chi connectivity index (χ4v) is 3.40. The zero-order chi connectivity index (χ0) is 22.1. The lowest BCUT2D eigenvalue weighted by atomic mass is 9.87. The zero-order valence-electron chi connectivity index (χ0n) is 16.3. The molecule has 9 heteroatoms. The van der Waals surface area contributed by atoms with Gasteiger partial charge in [-0.1, -0.05) is 37.3 Å². The third-order valence-electron chi connectivity index (χ3n) is 4.97. The first-order valence-electron chi connectivity index (χ1n) is 9.26. The number of nitrogens with one attached hydrogen (secondary N) is 2. The lowest BCUT2D eigenvalue weighted by Crippen LogP contribution is -2.43. The Kier molecular flexibility index (Phi) is 5.56. The summed E-state index contributed by atoms with van der Waals surface area (Å²) in [5.41, 5.74) is -1.86. The van der Waals surface area contributed by atoms with E-state index < -0.39 is 41.7 Å². The van der Waals surface area contributed by atoms with Crippen molar-refractivity contribution in [2.24, 2.45) is 0 Å². The average Bonchev–Trinajstić information content (AvgIpc) is 2.91. The van der Waals surface area contributed by atoms with Gasteiger partial charge in [-0.25, -0.2) is 4.79 Å². The molecule has 2 aromatic carbocycles. The molecule has 0 saturated carbocycles. The molecular weight excluding hydrogens is 399 g/mol. The number of carbonyl (C=O) groups excluding carboxylic acids is 3. The number of nitrogens with zero attached hydrogens (tertiary/aromatic N) is 1. The molecule has 1 heterocycles. The van der Waals surface area contributed by atoms with Crippen LogP contribution in [0.15, 0.2) is 48.5 Å². The summed E-state index contributed by atoms with van der Waals surface area (Å²) in [5, 5.41) is 4.90. The summed E-state index contributed by atoms with van der Waals surface area (Å²) in [4.78, 5) is 38.2. The smallest absolute Gasteiger partial charge is 0.325 e. The largest absolute Gasteiger partial charge is 0.416 e. The number of carbonyl (C=O) groups is 3. The average molecular weight is 419 g/mol. The molecule has 0 bridgehead atoms. The van der Waals surface area contributed by atoms with E-state index in [9.17, 15) is 27.6 Å². The Hall–Kier alpha value is -3.36. The number of benzene rings is 2. The molecule has 30 heavy (non-hydrogen) atoms. The Balaban J connectivity index is 1.82. The van der Waals surface area contributed by atoms with Crippen LogP contribution in [0.5, 0.6) is 0 Å². The second-order valence-corrected chi connectivity index (χ2v) is 7.09. The van der Waals surface area contributed by atoms with E-state index in [1.807, 2.05) is 13.0 Å². The molecule has 6 nitrogen and oxygen atoms in total. The van der Waals surface area contributed by atoms with Gasteiger partial charge in [0.05, 0.1) is 5.56 Å². The van der Waals surface area contributed by atoms with Gasteiger partial charge in [0.2, 0.25) is 5.91 Å².